The maximum absolute atomic E-state index is 12.9. The molecule has 1 fully saturated rings. The number of likely N-dealkylation sites (tertiary alicyclic amines) is 1. The molecule has 1 aliphatic rings. The Morgan fingerprint density at radius 3 is 2.68 bits per heavy atom. The van der Waals surface area contributed by atoms with Crippen LogP contribution in [0.15, 0.2) is 30.3 Å². The molecule has 2 amide bonds. The molecule has 2 rings (SSSR count). The molecule has 0 radical (unpaired) electrons. The third-order valence-corrected chi connectivity index (χ3v) is 5.03. The number of carbonyl (C=O) groups is 3. The van der Waals surface area contributed by atoms with E-state index in [1.54, 1.807) is 0 Å². The molecule has 2 atom stereocenters. The van der Waals surface area contributed by atoms with Gasteiger partial charge in [0.2, 0.25) is 11.8 Å². The third kappa shape index (κ3) is 6.64. The summed E-state index contributed by atoms with van der Waals surface area (Å²) in [7, 11) is 0. The minimum Gasteiger partial charge on any atom is -0.480 e. The lowest BCUT2D eigenvalue weighted by molar-refractivity contribution is -0.151. The summed E-state index contributed by atoms with van der Waals surface area (Å²) in [5.74, 6) is -2.10. The Morgan fingerprint density at radius 1 is 1.25 bits per heavy atom. The highest BCUT2D eigenvalue weighted by Gasteiger charge is 2.37. The zero-order valence-corrected chi connectivity index (χ0v) is 16.4. The van der Waals surface area contributed by atoms with Gasteiger partial charge in [-0.05, 0) is 24.8 Å². The van der Waals surface area contributed by atoms with Gasteiger partial charge in [0.15, 0.2) is 0 Å². The zero-order valence-electron chi connectivity index (χ0n) is 16.4. The Labute approximate surface area is 166 Å². The predicted octanol–water partition coefficient (Wildman–Crippen LogP) is 2.90. The minimum absolute atomic E-state index is 0.000175. The van der Waals surface area contributed by atoms with Crippen molar-refractivity contribution in [1.82, 2.24) is 10.4 Å². The Morgan fingerprint density at radius 2 is 2.00 bits per heavy atom. The van der Waals surface area contributed by atoms with E-state index in [1.165, 1.54) is 4.90 Å². The lowest BCUT2D eigenvalue weighted by Crippen LogP contribution is -2.44. The number of carboxylic acid groups (broad SMARTS) is 1. The fourth-order valence-corrected chi connectivity index (χ4v) is 3.51. The van der Waals surface area contributed by atoms with Crippen LogP contribution in [-0.2, 0) is 25.8 Å². The van der Waals surface area contributed by atoms with Gasteiger partial charge in [-0.25, -0.2) is 10.3 Å². The summed E-state index contributed by atoms with van der Waals surface area (Å²) in [6.07, 6.45) is 4.53. The highest BCUT2D eigenvalue weighted by molar-refractivity contribution is 5.89. The number of hydroxylamine groups is 1. The van der Waals surface area contributed by atoms with Gasteiger partial charge < -0.3 is 10.0 Å². The highest BCUT2D eigenvalue weighted by atomic mass is 16.6. The fraction of sp³-hybridized carbons (Fsp3) is 0.571. The number of carbonyl (C=O) groups excluding carboxylic acids is 2. The monoisotopic (exact) mass is 390 g/mol. The molecule has 1 aromatic carbocycles. The molecule has 154 valence electrons. The zero-order chi connectivity index (χ0) is 20.4. The van der Waals surface area contributed by atoms with E-state index < -0.39 is 17.9 Å². The molecule has 0 bridgehead atoms. The van der Waals surface area contributed by atoms with Crippen LogP contribution in [0, 0.1) is 5.92 Å². The molecule has 28 heavy (non-hydrogen) atoms. The van der Waals surface area contributed by atoms with Gasteiger partial charge in [-0.1, -0.05) is 56.5 Å². The number of aliphatic carboxylic acids is 1. The predicted molar refractivity (Wildman–Crippen MR) is 104 cm³/mol. The summed E-state index contributed by atoms with van der Waals surface area (Å²) in [6, 6.07) is 8.68. The van der Waals surface area contributed by atoms with Crippen LogP contribution in [0.2, 0.25) is 0 Å². The average molecular weight is 390 g/mol. The molecule has 1 saturated heterocycles. The second-order valence-electron chi connectivity index (χ2n) is 7.22. The number of benzene rings is 1. The van der Waals surface area contributed by atoms with Crippen LogP contribution in [-0.4, -0.2) is 40.4 Å². The molecular formula is C21H30N2O5. The van der Waals surface area contributed by atoms with Gasteiger partial charge in [0.25, 0.3) is 0 Å². The number of hydrogen-bond donors (Lipinski definition) is 2. The van der Waals surface area contributed by atoms with Crippen LogP contribution < -0.4 is 5.48 Å². The van der Waals surface area contributed by atoms with Gasteiger partial charge in [0, 0.05) is 18.9 Å². The molecule has 0 aromatic heterocycles. The SMILES string of the molecule is CCCCC[C@H](CC(=O)NOCc1ccccc1)C(=O)N1CCC[C@H]1C(=O)O. The Hall–Kier alpha value is -2.41. The number of hydrogen-bond acceptors (Lipinski definition) is 4. The summed E-state index contributed by atoms with van der Waals surface area (Å²) in [6.45, 7) is 2.75. The van der Waals surface area contributed by atoms with E-state index in [1.807, 2.05) is 30.3 Å². The summed E-state index contributed by atoms with van der Waals surface area (Å²) in [5, 5.41) is 9.34. The molecule has 0 spiro atoms. The van der Waals surface area contributed by atoms with Gasteiger partial charge in [0.05, 0.1) is 6.61 Å². The molecule has 7 heteroatoms. The van der Waals surface area contributed by atoms with Crippen LogP contribution in [0.3, 0.4) is 0 Å². The molecular weight excluding hydrogens is 360 g/mol. The molecule has 1 aliphatic heterocycles. The molecule has 7 nitrogen and oxygen atoms in total. The lowest BCUT2D eigenvalue weighted by atomic mass is 9.95. The normalized spacial score (nSPS) is 17.3. The Kier molecular flexibility index (Phi) is 8.94. The van der Waals surface area contributed by atoms with Crippen molar-refractivity contribution in [2.24, 2.45) is 5.92 Å². The van der Waals surface area contributed by atoms with E-state index in [2.05, 4.69) is 12.4 Å². The van der Waals surface area contributed by atoms with E-state index in [4.69, 9.17) is 4.84 Å². The molecule has 1 heterocycles. The van der Waals surface area contributed by atoms with Crippen molar-refractivity contribution in [2.45, 2.75) is 64.5 Å². The first-order chi connectivity index (χ1) is 13.5. The average Bonchev–Trinajstić information content (AvgIpc) is 3.18. The van der Waals surface area contributed by atoms with Crippen LogP contribution in [0.5, 0.6) is 0 Å². The number of rotatable bonds is 11. The number of nitrogens with one attached hydrogen (secondary N) is 1. The van der Waals surface area contributed by atoms with Crippen LogP contribution in [0.25, 0.3) is 0 Å². The van der Waals surface area contributed by atoms with Gasteiger partial charge in [-0.3, -0.25) is 14.4 Å². The quantitative estimate of drug-likeness (QED) is 0.447. The van der Waals surface area contributed by atoms with Crippen molar-refractivity contribution < 1.29 is 24.3 Å². The van der Waals surface area contributed by atoms with Crippen LogP contribution in [0.1, 0.15) is 57.4 Å². The van der Waals surface area contributed by atoms with Crippen molar-refractivity contribution in [3.63, 3.8) is 0 Å². The first-order valence-corrected chi connectivity index (χ1v) is 10.0. The van der Waals surface area contributed by atoms with Gasteiger partial charge >= 0.3 is 5.97 Å². The van der Waals surface area contributed by atoms with E-state index in [0.717, 1.165) is 24.8 Å². The van der Waals surface area contributed by atoms with Crippen molar-refractivity contribution in [2.75, 3.05) is 6.54 Å². The van der Waals surface area contributed by atoms with E-state index in [-0.39, 0.29) is 24.8 Å². The minimum atomic E-state index is -0.978. The number of amides is 2. The van der Waals surface area contributed by atoms with Gasteiger partial charge in [-0.15, -0.1) is 0 Å². The molecule has 2 N–H and O–H groups in total. The first kappa shape index (κ1) is 21.9. The van der Waals surface area contributed by atoms with Crippen molar-refractivity contribution in [3.8, 4) is 0 Å². The standard InChI is InChI=1S/C21H30N2O5/c1-2-3-5-11-17(20(25)23-13-8-12-18(23)21(26)27)14-19(24)22-28-15-16-9-6-4-7-10-16/h4,6-7,9-10,17-18H,2-3,5,8,11-15H2,1H3,(H,22,24)(H,26,27)/t17-,18+/m1/s1. The molecule has 0 unspecified atom stereocenters. The third-order valence-electron chi connectivity index (χ3n) is 5.03. The Bertz CT molecular complexity index is 649. The number of carboxylic acids is 1. The lowest BCUT2D eigenvalue weighted by Gasteiger charge is -2.26. The van der Waals surface area contributed by atoms with Gasteiger partial charge in [0.1, 0.15) is 6.04 Å². The highest BCUT2D eigenvalue weighted by Crippen LogP contribution is 2.24. The van der Waals surface area contributed by atoms with Crippen molar-refractivity contribution in [1.29, 1.82) is 0 Å². The topological polar surface area (TPSA) is 95.9 Å². The largest absolute Gasteiger partial charge is 0.480 e. The van der Waals surface area contributed by atoms with Crippen molar-refractivity contribution >= 4 is 17.8 Å². The summed E-state index contributed by atoms with van der Waals surface area (Å²) in [5.41, 5.74) is 3.34. The van der Waals surface area contributed by atoms with E-state index in [0.29, 0.717) is 25.8 Å². The molecule has 0 saturated carbocycles. The molecule has 1 aromatic rings. The fourth-order valence-electron chi connectivity index (χ4n) is 3.51. The summed E-state index contributed by atoms with van der Waals surface area (Å²) in [4.78, 5) is 43.3. The second-order valence-corrected chi connectivity index (χ2v) is 7.22. The van der Waals surface area contributed by atoms with Crippen LogP contribution in [0.4, 0.5) is 0 Å². The smallest absolute Gasteiger partial charge is 0.326 e. The summed E-state index contributed by atoms with van der Waals surface area (Å²) < 4.78 is 0. The number of unbranched alkanes of at least 4 members (excludes halogenated alkanes) is 2. The number of nitrogens with zero attached hydrogens (tertiary/aromatic N) is 1. The Balaban J connectivity index is 1.90. The maximum atomic E-state index is 12.9. The van der Waals surface area contributed by atoms with E-state index in [9.17, 15) is 19.5 Å². The van der Waals surface area contributed by atoms with E-state index >= 15 is 0 Å². The first-order valence-electron chi connectivity index (χ1n) is 10.0. The summed E-state index contributed by atoms with van der Waals surface area (Å²) >= 11 is 0. The van der Waals surface area contributed by atoms with Gasteiger partial charge in [-0.2, -0.15) is 0 Å². The second kappa shape index (κ2) is 11.4. The van der Waals surface area contributed by atoms with Crippen molar-refractivity contribution in [3.05, 3.63) is 35.9 Å². The van der Waals surface area contributed by atoms with Crippen LogP contribution >= 0.6 is 0 Å². The molecule has 0 aliphatic carbocycles. The maximum Gasteiger partial charge on any atom is 0.326 e.